The van der Waals surface area contributed by atoms with E-state index >= 15 is 0 Å². The molecule has 0 aliphatic heterocycles. The first-order valence-electron chi connectivity index (χ1n) is 10.9. The smallest absolute Gasteiger partial charge is 0.407 e. The molecule has 0 heterocycles. The minimum absolute atomic E-state index is 0. The number of guanidine groups is 1. The molecule has 0 aromatic heterocycles. The predicted molar refractivity (Wildman–Crippen MR) is 133 cm³/mol. The molecule has 31 heavy (non-hydrogen) atoms. The lowest BCUT2D eigenvalue weighted by molar-refractivity contribution is 0.0490. The summed E-state index contributed by atoms with van der Waals surface area (Å²) in [5, 5.41) is 9.85. The number of carbonyl (C=O) groups is 1. The van der Waals surface area contributed by atoms with Gasteiger partial charge in [-0.05, 0) is 70.9 Å². The SMILES string of the molecule is CN=C(NCC1(c2ccccc2F)CC1)NC1CCC(NC(=O)OC(C)(C)C)CC1.I. The third kappa shape index (κ3) is 7.50. The van der Waals surface area contributed by atoms with Crippen molar-refractivity contribution in [3.8, 4) is 0 Å². The molecule has 6 nitrogen and oxygen atoms in total. The van der Waals surface area contributed by atoms with Crippen molar-refractivity contribution >= 4 is 36.0 Å². The minimum atomic E-state index is -0.484. The quantitative estimate of drug-likeness (QED) is 0.290. The number of hydrogen-bond acceptors (Lipinski definition) is 3. The number of nitrogens with zero attached hydrogens (tertiary/aromatic N) is 1. The Bertz CT molecular complexity index is 769. The van der Waals surface area contributed by atoms with Crippen LogP contribution in [0.1, 0.15) is 64.9 Å². The van der Waals surface area contributed by atoms with Crippen LogP contribution >= 0.6 is 24.0 Å². The second kappa shape index (κ2) is 10.8. The molecule has 0 spiro atoms. The van der Waals surface area contributed by atoms with Gasteiger partial charge in [0.2, 0.25) is 0 Å². The Kier molecular flexibility index (Phi) is 8.97. The summed E-state index contributed by atoms with van der Waals surface area (Å²) in [6.07, 6.45) is 5.30. The van der Waals surface area contributed by atoms with Crippen molar-refractivity contribution in [2.75, 3.05) is 13.6 Å². The Morgan fingerprint density at radius 1 is 1.13 bits per heavy atom. The Morgan fingerprint density at radius 2 is 1.71 bits per heavy atom. The van der Waals surface area contributed by atoms with Gasteiger partial charge in [-0.25, -0.2) is 9.18 Å². The number of halogens is 2. The third-order valence-corrected chi connectivity index (χ3v) is 5.91. The van der Waals surface area contributed by atoms with E-state index in [1.54, 1.807) is 13.1 Å². The molecule has 174 valence electrons. The number of amides is 1. The van der Waals surface area contributed by atoms with Crippen molar-refractivity contribution in [3.63, 3.8) is 0 Å². The first kappa shape index (κ1) is 25.7. The molecule has 0 bridgehead atoms. The normalized spacial score (nSPS) is 22.7. The number of hydrogen-bond donors (Lipinski definition) is 3. The summed E-state index contributed by atoms with van der Waals surface area (Å²) in [5.41, 5.74) is 0.183. The van der Waals surface area contributed by atoms with Crippen molar-refractivity contribution in [1.82, 2.24) is 16.0 Å². The molecule has 3 N–H and O–H groups in total. The van der Waals surface area contributed by atoms with Gasteiger partial charge in [-0.1, -0.05) is 18.2 Å². The maximum absolute atomic E-state index is 14.2. The first-order valence-corrected chi connectivity index (χ1v) is 10.9. The zero-order valence-electron chi connectivity index (χ0n) is 19.0. The monoisotopic (exact) mass is 546 g/mol. The molecule has 2 aliphatic rings. The number of nitrogens with one attached hydrogen (secondary N) is 3. The summed E-state index contributed by atoms with van der Waals surface area (Å²) in [6, 6.07) is 7.50. The van der Waals surface area contributed by atoms with E-state index in [4.69, 9.17) is 4.74 Å². The lowest BCUT2D eigenvalue weighted by atomic mass is 9.91. The van der Waals surface area contributed by atoms with Crippen molar-refractivity contribution in [2.45, 2.75) is 82.4 Å². The fourth-order valence-corrected chi connectivity index (χ4v) is 4.08. The largest absolute Gasteiger partial charge is 0.444 e. The number of alkyl carbamates (subject to hydrolysis) is 1. The van der Waals surface area contributed by atoms with Crippen LogP contribution in [-0.4, -0.2) is 43.3 Å². The highest BCUT2D eigenvalue weighted by Gasteiger charge is 2.45. The lowest BCUT2D eigenvalue weighted by Crippen LogP contribution is -2.49. The van der Waals surface area contributed by atoms with E-state index in [1.807, 2.05) is 32.9 Å². The average Bonchev–Trinajstić information content (AvgIpc) is 3.46. The van der Waals surface area contributed by atoms with Crippen LogP contribution in [0.5, 0.6) is 0 Å². The van der Waals surface area contributed by atoms with Gasteiger partial charge < -0.3 is 20.7 Å². The van der Waals surface area contributed by atoms with E-state index in [2.05, 4.69) is 20.9 Å². The lowest BCUT2D eigenvalue weighted by Gasteiger charge is -2.31. The van der Waals surface area contributed by atoms with Gasteiger partial charge in [0.1, 0.15) is 11.4 Å². The second-order valence-electron chi connectivity index (χ2n) is 9.53. The molecule has 8 heteroatoms. The predicted octanol–water partition coefficient (Wildman–Crippen LogP) is 4.48. The van der Waals surface area contributed by atoms with Gasteiger partial charge in [0.05, 0.1) is 0 Å². The summed E-state index contributed by atoms with van der Waals surface area (Å²) < 4.78 is 19.6. The van der Waals surface area contributed by atoms with Gasteiger partial charge >= 0.3 is 6.09 Å². The fourth-order valence-electron chi connectivity index (χ4n) is 4.08. The molecule has 0 radical (unpaired) electrons. The molecular formula is C23H36FIN4O2. The molecule has 1 aromatic rings. The van der Waals surface area contributed by atoms with E-state index in [9.17, 15) is 9.18 Å². The van der Waals surface area contributed by atoms with E-state index in [0.717, 1.165) is 50.0 Å². The van der Waals surface area contributed by atoms with Crippen LogP contribution in [-0.2, 0) is 10.2 Å². The summed E-state index contributed by atoms with van der Waals surface area (Å²) in [6.45, 7) is 6.26. The molecule has 0 unspecified atom stereocenters. The van der Waals surface area contributed by atoms with Gasteiger partial charge in [0, 0.05) is 31.1 Å². The standard InChI is InChI=1S/C23H35FN4O2.HI/c1-22(2,3)30-21(29)28-17-11-9-16(10-12-17)27-20(25-4)26-15-23(13-14-23)18-7-5-6-8-19(18)24;/h5-8,16-17H,9-15H2,1-4H3,(H,28,29)(H2,25,26,27);1H. The summed E-state index contributed by atoms with van der Waals surface area (Å²) in [7, 11) is 1.76. The van der Waals surface area contributed by atoms with Crippen molar-refractivity contribution in [1.29, 1.82) is 0 Å². The third-order valence-electron chi connectivity index (χ3n) is 5.91. The maximum atomic E-state index is 14.2. The van der Waals surface area contributed by atoms with Crippen LogP contribution in [0.25, 0.3) is 0 Å². The van der Waals surface area contributed by atoms with E-state index in [0.29, 0.717) is 12.6 Å². The highest BCUT2D eigenvalue weighted by atomic mass is 127. The molecule has 2 aliphatic carbocycles. The summed E-state index contributed by atoms with van der Waals surface area (Å²) in [4.78, 5) is 16.3. The van der Waals surface area contributed by atoms with E-state index in [-0.39, 0.29) is 47.3 Å². The van der Waals surface area contributed by atoms with Crippen molar-refractivity contribution < 1.29 is 13.9 Å². The molecule has 3 rings (SSSR count). The maximum Gasteiger partial charge on any atom is 0.407 e. The molecule has 1 aromatic carbocycles. The molecule has 0 atom stereocenters. The number of rotatable bonds is 5. The zero-order valence-corrected chi connectivity index (χ0v) is 21.3. The highest BCUT2D eigenvalue weighted by molar-refractivity contribution is 14.0. The van der Waals surface area contributed by atoms with Crippen LogP contribution in [0.4, 0.5) is 9.18 Å². The number of ether oxygens (including phenoxy) is 1. The van der Waals surface area contributed by atoms with Crippen molar-refractivity contribution in [3.05, 3.63) is 35.6 Å². The van der Waals surface area contributed by atoms with Gasteiger partial charge in [0.15, 0.2) is 5.96 Å². The van der Waals surface area contributed by atoms with Gasteiger partial charge in [-0.3, -0.25) is 4.99 Å². The molecule has 0 saturated heterocycles. The molecule has 1 amide bonds. The number of benzene rings is 1. The fraction of sp³-hybridized carbons (Fsp3) is 0.652. The van der Waals surface area contributed by atoms with Gasteiger partial charge in [-0.2, -0.15) is 0 Å². The summed E-state index contributed by atoms with van der Waals surface area (Å²) in [5.74, 6) is 0.622. The van der Waals surface area contributed by atoms with Crippen LogP contribution in [0.2, 0.25) is 0 Å². The van der Waals surface area contributed by atoms with Crippen LogP contribution in [0, 0.1) is 5.82 Å². The molecular weight excluding hydrogens is 510 g/mol. The van der Waals surface area contributed by atoms with E-state index in [1.165, 1.54) is 6.07 Å². The van der Waals surface area contributed by atoms with Crippen LogP contribution in [0.15, 0.2) is 29.3 Å². The number of aliphatic imine (C=N–C) groups is 1. The van der Waals surface area contributed by atoms with Gasteiger partial charge in [0.25, 0.3) is 0 Å². The Hall–Kier alpha value is -1.58. The average molecular weight is 546 g/mol. The first-order chi connectivity index (χ1) is 14.2. The summed E-state index contributed by atoms with van der Waals surface area (Å²) >= 11 is 0. The Balaban J connectivity index is 0.00000341. The molecule has 2 saturated carbocycles. The topological polar surface area (TPSA) is 74.8 Å². The van der Waals surface area contributed by atoms with Crippen LogP contribution in [0.3, 0.4) is 0 Å². The van der Waals surface area contributed by atoms with Crippen molar-refractivity contribution in [2.24, 2.45) is 4.99 Å². The second-order valence-corrected chi connectivity index (χ2v) is 9.53. The Labute approximate surface area is 202 Å². The molecule has 2 fully saturated rings. The van der Waals surface area contributed by atoms with E-state index < -0.39 is 5.60 Å². The Morgan fingerprint density at radius 3 is 2.23 bits per heavy atom. The van der Waals surface area contributed by atoms with Gasteiger partial charge in [-0.15, -0.1) is 24.0 Å². The van der Waals surface area contributed by atoms with Crippen LogP contribution < -0.4 is 16.0 Å². The zero-order chi connectivity index (χ0) is 21.8. The number of carbonyl (C=O) groups excluding carboxylic acids is 1. The minimum Gasteiger partial charge on any atom is -0.444 e. The highest BCUT2D eigenvalue weighted by Crippen LogP contribution is 2.48.